The predicted octanol–water partition coefficient (Wildman–Crippen LogP) is 2.09. The largest absolute Gasteiger partial charge is 0.391 e. The van der Waals surface area contributed by atoms with E-state index in [-0.39, 0.29) is 24.4 Å². The van der Waals surface area contributed by atoms with Crippen molar-refractivity contribution in [2.45, 2.75) is 12.6 Å². The van der Waals surface area contributed by atoms with Gasteiger partial charge in [0.15, 0.2) is 0 Å². The van der Waals surface area contributed by atoms with Gasteiger partial charge in [-0.2, -0.15) is 0 Å². The van der Waals surface area contributed by atoms with Gasteiger partial charge in [0.25, 0.3) is 0 Å². The molecule has 6 heteroatoms. The fraction of sp³-hybridized carbons (Fsp3) is 0.500. The Kier molecular flexibility index (Phi) is 6.71. The van der Waals surface area contributed by atoms with E-state index in [0.29, 0.717) is 16.6 Å². The zero-order valence-corrected chi connectivity index (χ0v) is 12.2. The first kappa shape index (κ1) is 16.0. The van der Waals surface area contributed by atoms with Gasteiger partial charge in [-0.1, -0.05) is 29.3 Å². The van der Waals surface area contributed by atoms with Gasteiger partial charge in [-0.05, 0) is 17.7 Å². The van der Waals surface area contributed by atoms with E-state index in [9.17, 15) is 5.11 Å². The second-order valence-corrected chi connectivity index (χ2v) is 5.18. The number of hydrogen-bond acceptors (Lipinski definition) is 3. The van der Waals surface area contributed by atoms with Crippen LogP contribution < -0.4 is 10.6 Å². The molecule has 1 aromatic carbocycles. The van der Waals surface area contributed by atoms with Crippen LogP contribution in [-0.4, -0.2) is 30.8 Å². The molecule has 2 unspecified atom stereocenters. The summed E-state index contributed by atoms with van der Waals surface area (Å²) < 4.78 is 0. The molecule has 3 N–H and O–H groups in total. The molecular weight excluding hydrogens is 295 g/mol. The molecule has 0 saturated carbocycles. The van der Waals surface area contributed by atoms with E-state index in [1.807, 2.05) is 12.1 Å². The lowest BCUT2D eigenvalue weighted by Crippen LogP contribution is -2.30. The van der Waals surface area contributed by atoms with Crippen molar-refractivity contribution in [2.75, 3.05) is 19.6 Å². The van der Waals surface area contributed by atoms with Crippen molar-refractivity contribution < 1.29 is 5.11 Å². The van der Waals surface area contributed by atoms with Crippen molar-refractivity contribution in [3.8, 4) is 0 Å². The maximum absolute atomic E-state index is 9.63. The number of benzene rings is 1. The number of nitrogens with one attached hydrogen (secondary N) is 2. The smallest absolute Gasteiger partial charge is 0.0716 e. The standard InChI is InChI=1S/C12H16Cl2N2O.ClH/c13-10-2-1-8(3-11(10)14)4-15-5-9-6-16-7-12(9)17;/h1-3,9,12,15-17H,4-7H2;1H. The number of rotatable bonds is 4. The fourth-order valence-corrected chi connectivity index (χ4v) is 2.30. The summed E-state index contributed by atoms with van der Waals surface area (Å²) in [5.74, 6) is 0.290. The van der Waals surface area contributed by atoms with Crippen LogP contribution in [0.4, 0.5) is 0 Å². The number of aliphatic hydroxyl groups excluding tert-OH is 1. The van der Waals surface area contributed by atoms with Crippen molar-refractivity contribution in [3.63, 3.8) is 0 Å². The number of hydrogen-bond donors (Lipinski definition) is 3. The van der Waals surface area contributed by atoms with E-state index in [1.165, 1.54) is 0 Å². The Balaban J connectivity index is 0.00000162. The van der Waals surface area contributed by atoms with Crippen LogP contribution in [0.1, 0.15) is 5.56 Å². The molecule has 1 fully saturated rings. The summed E-state index contributed by atoms with van der Waals surface area (Å²) in [6.07, 6.45) is -0.240. The van der Waals surface area contributed by atoms with Crippen molar-refractivity contribution in [3.05, 3.63) is 33.8 Å². The van der Waals surface area contributed by atoms with Gasteiger partial charge in [0.2, 0.25) is 0 Å². The molecule has 0 amide bonds. The Labute approximate surface area is 123 Å². The van der Waals surface area contributed by atoms with E-state index in [0.717, 1.165) is 25.2 Å². The van der Waals surface area contributed by atoms with Crippen molar-refractivity contribution in [1.82, 2.24) is 10.6 Å². The SMILES string of the molecule is Cl.OC1CNCC1CNCc1ccc(Cl)c(Cl)c1. The topological polar surface area (TPSA) is 44.3 Å². The highest BCUT2D eigenvalue weighted by molar-refractivity contribution is 6.42. The van der Waals surface area contributed by atoms with E-state index >= 15 is 0 Å². The Bertz CT molecular complexity index is 390. The van der Waals surface area contributed by atoms with Crippen molar-refractivity contribution >= 4 is 35.6 Å². The molecule has 1 aromatic rings. The first-order valence-electron chi connectivity index (χ1n) is 5.70. The molecule has 18 heavy (non-hydrogen) atoms. The van der Waals surface area contributed by atoms with Gasteiger partial charge in [-0.3, -0.25) is 0 Å². The lowest BCUT2D eigenvalue weighted by molar-refractivity contribution is 0.146. The summed E-state index contributed by atoms with van der Waals surface area (Å²) in [4.78, 5) is 0. The molecule has 2 rings (SSSR count). The maximum Gasteiger partial charge on any atom is 0.0716 e. The molecule has 1 aliphatic rings. The average molecular weight is 312 g/mol. The number of halogens is 3. The zero-order valence-electron chi connectivity index (χ0n) is 9.83. The second kappa shape index (κ2) is 7.53. The fourth-order valence-electron chi connectivity index (χ4n) is 1.98. The van der Waals surface area contributed by atoms with Crippen LogP contribution in [0.3, 0.4) is 0 Å². The predicted molar refractivity (Wildman–Crippen MR) is 77.8 cm³/mol. The third kappa shape index (κ3) is 4.26. The van der Waals surface area contributed by atoms with Crippen LogP contribution >= 0.6 is 35.6 Å². The highest BCUT2D eigenvalue weighted by atomic mass is 35.5. The molecule has 0 bridgehead atoms. The first-order valence-corrected chi connectivity index (χ1v) is 6.46. The molecule has 102 valence electrons. The van der Waals surface area contributed by atoms with Gasteiger partial charge < -0.3 is 15.7 Å². The molecule has 3 nitrogen and oxygen atoms in total. The summed E-state index contributed by atoms with van der Waals surface area (Å²) in [7, 11) is 0. The van der Waals surface area contributed by atoms with E-state index < -0.39 is 0 Å². The van der Waals surface area contributed by atoms with Crippen LogP contribution in [0.2, 0.25) is 10.0 Å². The Morgan fingerprint density at radius 2 is 2.06 bits per heavy atom. The van der Waals surface area contributed by atoms with Gasteiger partial charge >= 0.3 is 0 Å². The lowest BCUT2D eigenvalue weighted by atomic mass is 10.1. The highest BCUT2D eigenvalue weighted by Crippen LogP contribution is 2.22. The van der Waals surface area contributed by atoms with Gasteiger partial charge in [0, 0.05) is 32.1 Å². The molecule has 0 aromatic heterocycles. The molecule has 0 aliphatic carbocycles. The van der Waals surface area contributed by atoms with Crippen LogP contribution in [-0.2, 0) is 6.54 Å². The van der Waals surface area contributed by atoms with Crippen LogP contribution in [0.15, 0.2) is 18.2 Å². The van der Waals surface area contributed by atoms with Gasteiger partial charge in [-0.15, -0.1) is 12.4 Å². The molecule has 0 spiro atoms. The van der Waals surface area contributed by atoms with Gasteiger partial charge in [0.05, 0.1) is 16.1 Å². The van der Waals surface area contributed by atoms with Crippen molar-refractivity contribution in [1.29, 1.82) is 0 Å². The molecule has 1 saturated heterocycles. The van der Waals surface area contributed by atoms with E-state index in [1.54, 1.807) is 6.07 Å². The maximum atomic E-state index is 9.63. The number of aliphatic hydroxyl groups is 1. The third-order valence-electron chi connectivity index (χ3n) is 3.02. The summed E-state index contributed by atoms with van der Waals surface area (Å²) in [5.41, 5.74) is 1.10. The second-order valence-electron chi connectivity index (χ2n) is 4.37. The molecule has 0 radical (unpaired) electrons. The average Bonchev–Trinajstić information content (AvgIpc) is 2.70. The normalized spacial score (nSPS) is 22.8. The quantitative estimate of drug-likeness (QED) is 0.798. The van der Waals surface area contributed by atoms with Gasteiger partial charge in [-0.25, -0.2) is 0 Å². The lowest BCUT2D eigenvalue weighted by Gasteiger charge is -2.14. The molecule has 2 atom stereocenters. The molecular formula is C12H17Cl3N2O. The Morgan fingerprint density at radius 1 is 1.28 bits per heavy atom. The Morgan fingerprint density at radius 3 is 2.67 bits per heavy atom. The summed E-state index contributed by atoms with van der Waals surface area (Å²) in [6, 6.07) is 5.61. The third-order valence-corrected chi connectivity index (χ3v) is 3.76. The van der Waals surface area contributed by atoms with Crippen molar-refractivity contribution in [2.24, 2.45) is 5.92 Å². The summed E-state index contributed by atoms with van der Waals surface area (Å²) in [5, 5.41) is 17.3. The minimum Gasteiger partial charge on any atom is -0.391 e. The summed E-state index contributed by atoms with van der Waals surface area (Å²) in [6.45, 7) is 3.10. The monoisotopic (exact) mass is 310 g/mol. The highest BCUT2D eigenvalue weighted by Gasteiger charge is 2.23. The molecule has 1 heterocycles. The van der Waals surface area contributed by atoms with E-state index in [2.05, 4.69) is 10.6 Å². The Hall–Kier alpha value is -0.0300. The van der Waals surface area contributed by atoms with E-state index in [4.69, 9.17) is 23.2 Å². The minimum atomic E-state index is -0.240. The zero-order chi connectivity index (χ0) is 12.3. The number of β-amino-alcohol motifs (C(OH)–C–C–N with tert-alkyl or cyclic N) is 1. The molecule has 1 aliphatic heterocycles. The van der Waals surface area contributed by atoms with Crippen LogP contribution in [0.25, 0.3) is 0 Å². The van der Waals surface area contributed by atoms with Crippen LogP contribution in [0, 0.1) is 5.92 Å². The summed E-state index contributed by atoms with van der Waals surface area (Å²) >= 11 is 11.8. The van der Waals surface area contributed by atoms with Crippen LogP contribution in [0.5, 0.6) is 0 Å². The van der Waals surface area contributed by atoms with Gasteiger partial charge in [0.1, 0.15) is 0 Å². The first-order chi connectivity index (χ1) is 8.16. The minimum absolute atomic E-state index is 0.